The van der Waals surface area contributed by atoms with Crippen molar-refractivity contribution in [2.24, 2.45) is 50.7 Å². The number of hydrogen-bond acceptors (Lipinski definition) is 13. The molecule has 0 aromatic rings. The number of aliphatic hydroxyl groups is 7. The molecule has 0 amide bonds. The zero-order valence-corrected chi connectivity index (χ0v) is 32.4. The molecule has 4 heterocycles. The SMILES string of the molecule is C[C@@H]1C[C@H]2O[C@]3(C[C@@]4(C)[C@@H]5CC[C@H]6C(C)(C)[C@@H](O[C@@H]7OC[C@@H](O)[C@H](O[C@@H]8OC[C@@H](O)[C@H](O)[C@H]8O)[C@H]7O)CC[C@@]67C[C@@]57[C@@H](O)C[C@]4(C)[C@@H]13)O[C@@H]2C(C)(C)O. The number of fused-ring (bicyclic) bond motifs is 4. The highest BCUT2D eigenvalue weighted by atomic mass is 16.8. The molecule has 0 radical (unpaired) electrons. The second-order valence-corrected chi connectivity index (χ2v) is 20.7. The van der Waals surface area contributed by atoms with Crippen LogP contribution in [0, 0.1) is 50.7 Å². The fraction of sp³-hybridized carbons (Fsp3) is 1.00. The lowest BCUT2D eigenvalue weighted by Gasteiger charge is -2.64. The third-order valence-corrected chi connectivity index (χ3v) is 17.4. The summed E-state index contributed by atoms with van der Waals surface area (Å²) in [5, 5.41) is 76.3. The molecule has 9 aliphatic rings. The van der Waals surface area contributed by atoms with Crippen molar-refractivity contribution in [3.63, 3.8) is 0 Å². The van der Waals surface area contributed by atoms with E-state index in [1.165, 1.54) is 0 Å². The molecule has 0 aromatic carbocycles. The molecule has 9 rings (SSSR count). The molecule has 9 fully saturated rings. The molecular formula is C40H64O13. The average molecular weight is 753 g/mol. The van der Waals surface area contributed by atoms with Crippen LogP contribution in [0.4, 0.5) is 0 Å². The summed E-state index contributed by atoms with van der Waals surface area (Å²) in [5.41, 5.74) is -1.91. The van der Waals surface area contributed by atoms with Crippen molar-refractivity contribution in [3.05, 3.63) is 0 Å². The van der Waals surface area contributed by atoms with Crippen LogP contribution in [0.3, 0.4) is 0 Å². The topological polar surface area (TPSA) is 197 Å². The van der Waals surface area contributed by atoms with Crippen molar-refractivity contribution in [2.75, 3.05) is 13.2 Å². The first kappa shape index (κ1) is 38.0. The third kappa shape index (κ3) is 4.83. The van der Waals surface area contributed by atoms with Gasteiger partial charge < -0.3 is 64.2 Å². The number of ether oxygens (including phenoxy) is 6. The first-order valence-electron chi connectivity index (χ1n) is 20.4. The maximum atomic E-state index is 12.6. The monoisotopic (exact) mass is 752 g/mol. The lowest BCUT2D eigenvalue weighted by Crippen LogP contribution is -2.63. The van der Waals surface area contributed by atoms with Gasteiger partial charge in [0.2, 0.25) is 0 Å². The van der Waals surface area contributed by atoms with Gasteiger partial charge in [0.1, 0.15) is 42.7 Å². The molecule has 2 bridgehead atoms. The third-order valence-electron chi connectivity index (χ3n) is 17.4. The van der Waals surface area contributed by atoms with Gasteiger partial charge in [0.05, 0.1) is 37.1 Å². The predicted octanol–water partition coefficient (Wildman–Crippen LogP) is 1.58. The first-order chi connectivity index (χ1) is 24.7. The summed E-state index contributed by atoms with van der Waals surface area (Å²) in [6.45, 7) is 14.9. The quantitative estimate of drug-likeness (QED) is 0.200. The van der Waals surface area contributed by atoms with E-state index < -0.39 is 66.7 Å². The van der Waals surface area contributed by atoms with Crippen molar-refractivity contribution in [1.82, 2.24) is 0 Å². The van der Waals surface area contributed by atoms with Crippen LogP contribution in [0.25, 0.3) is 0 Å². The van der Waals surface area contributed by atoms with Gasteiger partial charge in [-0.25, -0.2) is 0 Å². The highest BCUT2D eigenvalue weighted by Crippen LogP contribution is 2.90. The fourth-order valence-electron chi connectivity index (χ4n) is 15.2. The van der Waals surface area contributed by atoms with E-state index in [2.05, 4.69) is 34.6 Å². The number of hydrogen-bond donors (Lipinski definition) is 7. The van der Waals surface area contributed by atoms with E-state index in [9.17, 15) is 35.7 Å². The molecule has 0 aromatic heterocycles. The Balaban J connectivity index is 0.944. The van der Waals surface area contributed by atoms with Crippen LogP contribution in [0.2, 0.25) is 0 Å². The van der Waals surface area contributed by atoms with Gasteiger partial charge in [-0.2, -0.15) is 0 Å². The Morgan fingerprint density at radius 2 is 1.40 bits per heavy atom. The molecule has 53 heavy (non-hydrogen) atoms. The van der Waals surface area contributed by atoms with Crippen LogP contribution < -0.4 is 0 Å². The second-order valence-electron chi connectivity index (χ2n) is 20.7. The number of aliphatic hydroxyl groups excluding tert-OH is 6. The van der Waals surface area contributed by atoms with Crippen molar-refractivity contribution in [2.45, 2.75) is 185 Å². The summed E-state index contributed by atoms with van der Waals surface area (Å²) in [7, 11) is 0. The molecule has 4 aliphatic heterocycles. The molecule has 5 aliphatic carbocycles. The van der Waals surface area contributed by atoms with Gasteiger partial charge in [0, 0.05) is 17.8 Å². The van der Waals surface area contributed by atoms with Crippen LogP contribution in [-0.2, 0) is 28.4 Å². The summed E-state index contributed by atoms with van der Waals surface area (Å²) in [6, 6.07) is 0. The van der Waals surface area contributed by atoms with Crippen molar-refractivity contribution in [3.8, 4) is 0 Å². The Hall–Kier alpha value is -0.520. The van der Waals surface area contributed by atoms with E-state index in [1.54, 1.807) is 0 Å². The zero-order valence-electron chi connectivity index (χ0n) is 32.4. The second kappa shape index (κ2) is 11.8. The molecule has 5 saturated carbocycles. The van der Waals surface area contributed by atoms with Gasteiger partial charge in [-0.05, 0) is 98.2 Å². The largest absolute Gasteiger partial charge is 0.392 e. The molecule has 21 atom stereocenters. The van der Waals surface area contributed by atoms with E-state index in [-0.39, 0.29) is 70.4 Å². The van der Waals surface area contributed by atoms with E-state index in [0.29, 0.717) is 18.3 Å². The molecule has 3 spiro atoms. The minimum Gasteiger partial charge on any atom is -0.392 e. The molecule has 13 nitrogen and oxygen atoms in total. The van der Waals surface area contributed by atoms with E-state index in [1.807, 2.05) is 13.8 Å². The average Bonchev–Trinajstić information content (AvgIpc) is 3.60. The maximum absolute atomic E-state index is 12.6. The van der Waals surface area contributed by atoms with Gasteiger partial charge in [-0.3, -0.25) is 0 Å². The summed E-state index contributed by atoms with van der Waals surface area (Å²) < 4.78 is 37.6. The molecule has 4 saturated heterocycles. The van der Waals surface area contributed by atoms with Crippen LogP contribution in [0.15, 0.2) is 0 Å². The van der Waals surface area contributed by atoms with Gasteiger partial charge in [0.25, 0.3) is 0 Å². The lowest BCUT2D eigenvalue weighted by molar-refractivity contribution is -0.345. The normalized spacial score (nSPS) is 61.0. The minimum absolute atomic E-state index is 0.0383. The van der Waals surface area contributed by atoms with Crippen LogP contribution in [-0.4, -0.2) is 134 Å². The molecule has 0 unspecified atom stereocenters. The summed E-state index contributed by atoms with van der Waals surface area (Å²) in [6.07, 6.45) is -5.02. The number of rotatable bonds is 5. The Labute approximate surface area is 312 Å². The highest BCUT2D eigenvalue weighted by molar-refractivity contribution is 5.35. The summed E-state index contributed by atoms with van der Waals surface area (Å²) >= 11 is 0. The van der Waals surface area contributed by atoms with E-state index >= 15 is 0 Å². The van der Waals surface area contributed by atoms with Gasteiger partial charge >= 0.3 is 0 Å². The Bertz CT molecular complexity index is 1460. The predicted molar refractivity (Wildman–Crippen MR) is 185 cm³/mol. The van der Waals surface area contributed by atoms with Crippen molar-refractivity contribution >= 4 is 0 Å². The molecule has 7 N–H and O–H groups in total. The van der Waals surface area contributed by atoms with Crippen LogP contribution >= 0.6 is 0 Å². The van der Waals surface area contributed by atoms with Gasteiger partial charge in [0.15, 0.2) is 18.4 Å². The molecular weight excluding hydrogens is 688 g/mol. The minimum atomic E-state index is -1.57. The highest BCUT2D eigenvalue weighted by Gasteiger charge is 2.88. The Morgan fingerprint density at radius 3 is 2.09 bits per heavy atom. The fourth-order valence-corrected chi connectivity index (χ4v) is 15.2. The zero-order chi connectivity index (χ0) is 38.1. The van der Waals surface area contributed by atoms with Gasteiger partial charge in [-0.15, -0.1) is 0 Å². The standard InChI is InChI=1S/C40H64O13/c1-18-12-21-31(35(4,5)47)53-40(52-21)16-37(7)23-9-8-22-34(2,3)25(10-11-38(22)17-39(23,38)24(43)13-36(37,6)30(18)40)50-33-28(46)29(20(42)15-49-33)51-32-27(45)26(44)19(41)14-48-32/h18-33,41-47H,8-17H2,1-7H3/t18-,19-,20-,21-,22+,23+,24+,25+,26+,27-,28-,29+,30-,31+,32+,33+,36-,37+,38-,39+,40-/m1/s1. The Kier molecular flexibility index (Phi) is 8.46. The smallest absolute Gasteiger partial charge is 0.186 e. The van der Waals surface area contributed by atoms with Crippen LogP contribution in [0.5, 0.6) is 0 Å². The van der Waals surface area contributed by atoms with E-state index in [4.69, 9.17) is 28.4 Å². The van der Waals surface area contributed by atoms with Crippen molar-refractivity contribution < 1.29 is 64.2 Å². The summed E-state index contributed by atoms with van der Waals surface area (Å²) in [4.78, 5) is 0. The van der Waals surface area contributed by atoms with E-state index in [0.717, 1.165) is 44.9 Å². The first-order valence-corrected chi connectivity index (χ1v) is 20.4. The summed E-state index contributed by atoms with van der Waals surface area (Å²) in [5.74, 6) is 0.277. The Morgan fingerprint density at radius 1 is 0.736 bits per heavy atom. The van der Waals surface area contributed by atoms with Crippen LogP contribution in [0.1, 0.15) is 99.8 Å². The maximum Gasteiger partial charge on any atom is 0.186 e. The van der Waals surface area contributed by atoms with Crippen molar-refractivity contribution in [1.29, 1.82) is 0 Å². The molecule has 302 valence electrons. The molecule has 13 heteroatoms. The van der Waals surface area contributed by atoms with Gasteiger partial charge in [-0.1, -0.05) is 34.6 Å². The lowest BCUT2D eigenvalue weighted by atomic mass is 9.41.